The molecule has 1 unspecified atom stereocenters. The van der Waals surface area contributed by atoms with Gasteiger partial charge in [0.05, 0.1) is 21.5 Å². The fourth-order valence-corrected chi connectivity index (χ4v) is 11.2. The van der Waals surface area contributed by atoms with Crippen molar-refractivity contribution in [3.63, 3.8) is 0 Å². The van der Waals surface area contributed by atoms with Crippen LogP contribution in [0.2, 0.25) is 5.02 Å². The summed E-state index contributed by atoms with van der Waals surface area (Å²) >= 11 is 6.26. The summed E-state index contributed by atoms with van der Waals surface area (Å²) in [4.78, 5) is 63.0. The molecule has 4 saturated heterocycles. The second kappa shape index (κ2) is 15.4. The van der Waals surface area contributed by atoms with E-state index in [-0.39, 0.29) is 53.2 Å². The van der Waals surface area contributed by atoms with E-state index in [2.05, 4.69) is 69.4 Å². The molecular weight excluding hydrogens is 796 g/mol. The summed E-state index contributed by atoms with van der Waals surface area (Å²) in [6.07, 6.45) is 5.13. The van der Waals surface area contributed by atoms with Gasteiger partial charge in [-0.15, -0.1) is 5.10 Å². The van der Waals surface area contributed by atoms with Gasteiger partial charge in [0.2, 0.25) is 5.91 Å². The molecule has 5 aliphatic rings. The van der Waals surface area contributed by atoms with E-state index in [1.165, 1.54) is 0 Å². The van der Waals surface area contributed by atoms with Crippen molar-refractivity contribution in [2.45, 2.75) is 78.0 Å². The van der Waals surface area contributed by atoms with Crippen LogP contribution in [0.15, 0.2) is 59.5 Å². The molecule has 15 nitrogen and oxygen atoms in total. The Morgan fingerprint density at radius 3 is 2.44 bits per heavy atom. The molecular formula is C45H51ClN10O5. The number of pyridine rings is 1. The maximum absolute atomic E-state index is 13.5. The quantitative estimate of drug-likeness (QED) is 0.222. The smallest absolute Gasteiger partial charge is 0.278 e. The molecule has 2 aromatic carbocycles. The Morgan fingerprint density at radius 2 is 1.75 bits per heavy atom. The van der Waals surface area contributed by atoms with Crippen molar-refractivity contribution < 1.29 is 19.1 Å². The van der Waals surface area contributed by atoms with Gasteiger partial charge in [-0.25, -0.2) is 4.98 Å². The average molecular weight is 847 g/mol. The number of imide groups is 1. The third kappa shape index (κ3) is 7.47. The number of hydrogen-bond acceptors (Lipinski definition) is 12. The number of nitriles is 1. The van der Waals surface area contributed by atoms with Crippen LogP contribution >= 0.6 is 11.6 Å². The molecule has 9 rings (SSSR count). The van der Waals surface area contributed by atoms with Crippen molar-refractivity contribution in [3.8, 4) is 11.8 Å². The maximum Gasteiger partial charge on any atom is 0.278 e. The predicted molar refractivity (Wildman–Crippen MR) is 229 cm³/mol. The molecule has 3 amide bonds. The number of fused-ring (bicyclic) bond motifs is 1. The lowest BCUT2D eigenvalue weighted by molar-refractivity contribution is -0.164. The molecule has 1 aliphatic carbocycles. The van der Waals surface area contributed by atoms with E-state index in [9.17, 15) is 24.4 Å². The van der Waals surface area contributed by atoms with Gasteiger partial charge in [0.25, 0.3) is 17.4 Å². The Kier molecular flexibility index (Phi) is 10.3. The number of amides is 3. The fraction of sp³-hybridized carbons (Fsp3) is 0.511. The number of rotatable bonds is 9. The highest BCUT2D eigenvalue weighted by Crippen LogP contribution is 2.55. The second-order valence-corrected chi connectivity index (χ2v) is 19.4. The number of piperidine rings is 2. The number of carbonyl (C=O) groups is 3. The fourth-order valence-electron chi connectivity index (χ4n) is 11.0. The van der Waals surface area contributed by atoms with Gasteiger partial charge in [-0.2, -0.15) is 9.94 Å². The van der Waals surface area contributed by atoms with E-state index in [1.54, 1.807) is 24.4 Å². The maximum atomic E-state index is 13.5. The van der Waals surface area contributed by atoms with Crippen LogP contribution in [0.5, 0.6) is 5.75 Å². The molecule has 1 saturated carbocycles. The van der Waals surface area contributed by atoms with E-state index < -0.39 is 11.9 Å². The summed E-state index contributed by atoms with van der Waals surface area (Å²) in [5.74, 6) is 1.00. The molecule has 318 valence electrons. The Hall–Kier alpha value is -5.59. The van der Waals surface area contributed by atoms with E-state index in [4.69, 9.17) is 21.3 Å². The van der Waals surface area contributed by atoms with Crippen molar-refractivity contribution in [1.29, 1.82) is 5.26 Å². The standard InChI is InChI=1S/C45H51ClN10O5/c1-43(2)41(44(3,4)42(43)61-31-8-5-28(21-47)33(46)20-31)50-38(58)29-6-11-36(48-22-29)55-16-13-27(24-55)23-53-25-45(26-53)14-17-54(18-15-45)30-7-9-34-32(19-30)40(60)56(52-51-34)35-10-12-37(57)49-39(35)59/h5-9,11,19-20,22,27,35,41-42H,10,12-18,23-26H2,1-4H3,(H,50,58)(H,49,57,59)/t27-,35?,41?,42?/m1/s1. The van der Waals surface area contributed by atoms with Gasteiger partial charge in [0.15, 0.2) is 0 Å². The number of halogens is 1. The van der Waals surface area contributed by atoms with Crippen LogP contribution in [-0.4, -0.2) is 101 Å². The summed E-state index contributed by atoms with van der Waals surface area (Å²) in [5.41, 5.74) is 1.57. The number of ether oxygens (including phenoxy) is 1. The SMILES string of the molecule is CC1(C)C(NC(=O)c2ccc(N3CC[C@H](CN4CC5(CCN(c6ccc7nnn(C8CCC(=O)NC8=O)c(=O)c7c6)CC5)C4)C3)nc2)C(C)(C)C1Oc1ccc(C#N)c(Cl)c1. The van der Waals surface area contributed by atoms with Crippen molar-refractivity contribution in [3.05, 3.63) is 81.2 Å². The van der Waals surface area contributed by atoms with Gasteiger partial charge in [-0.05, 0) is 79.5 Å². The minimum absolute atomic E-state index is 0.143. The zero-order valence-electron chi connectivity index (χ0n) is 35.0. The average Bonchev–Trinajstić information content (AvgIpc) is 3.70. The molecule has 0 bridgehead atoms. The van der Waals surface area contributed by atoms with Crippen LogP contribution in [0.1, 0.15) is 81.8 Å². The zero-order valence-corrected chi connectivity index (χ0v) is 35.7. The molecule has 16 heteroatoms. The molecule has 2 atom stereocenters. The Bertz CT molecular complexity index is 2490. The lowest BCUT2D eigenvalue weighted by atomic mass is 9.49. The van der Waals surface area contributed by atoms with E-state index in [0.717, 1.165) is 81.3 Å². The minimum Gasteiger partial charge on any atom is -0.489 e. The number of anilines is 2. The van der Waals surface area contributed by atoms with Gasteiger partial charge < -0.3 is 24.8 Å². The predicted octanol–water partition coefficient (Wildman–Crippen LogP) is 4.73. The number of nitrogens with zero attached hydrogens (tertiary/aromatic N) is 8. The van der Waals surface area contributed by atoms with E-state index in [0.29, 0.717) is 44.1 Å². The number of nitrogens with one attached hydrogen (secondary N) is 2. The molecule has 0 radical (unpaired) electrons. The normalized spacial score (nSPS) is 25.4. The number of carbonyl (C=O) groups excluding carboxylic acids is 3. The van der Waals surface area contributed by atoms with Gasteiger partial charge in [-0.1, -0.05) is 44.5 Å². The van der Waals surface area contributed by atoms with Crippen molar-refractivity contribution in [1.82, 2.24) is 35.5 Å². The first-order valence-electron chi connectivity index (χ1n) is 21.2. The van der Waals surface area contributed by atoms with Gasteiger partial charge in [-0.3, -0.25) is 24.5 Å². The Morgan fingerprint density at radius 1 is 0.984 bits per heavy atom. The number of hydrogen-bond donors (Lipinski definition) is 2. The van der Waals surface area contributed by atoms with E-state index in [1.807, 2.05) is 30.3 Å². The second-order valence-electron chi connectivity index (χ2n) is 19.0. The monoisotopic (exact) mass is 846 g/mol. The summed E-state index contributed by atoms with van der Waals surface area (Å²) in [6, 6.07) is 15.7. The Labute approximate surface area is 359 Å². The molecule has 2 aromatic heterocycles. The highest BCUT2D eigenvalue weighted by atomic mass is 35.5. The molecule has 4 aromatic rings. The number of aromatic nitrogens is 4. The van der Waals surface area contributed by atoms with E-state index >= 15 is 0 Å². The third-order valence-corrected chi connectivity index (χ3v) is 14.4. The topological polar surface area (TPSA) is 179 Å². The molecule has 6 heterocycles. The van der Waals surface area contributed by atoms with Crippen molar-refractivity contribution >= 4 is 51.7 Å². The Balaban J connectivity index is 0.739. The first kappa shape index (κ1) is 40.8. The minimum atomic E-state index is -0.849. The lowest BCUT2D eigenvalue weighted by Crippen LogP contribution is -2.74. The summed E-state index contributed by atoms with van der Waals surface area (Å²) in [7, 11) is 0. The van der Waals surface area contributed by atoms with Crippen LogP contribution < -0.4 is 30.7 Å². The molecule has 2 N–H and O–H groups in total. The van der Waals surface area contributed by atoms with Gasteiger partial charge in [0, 0.05) is 87.1 Å². The van der Waals surface area contributed by atoms with Crippen molar-refractivity contribution in [2.75, 3.05) is 55.6 Å². The third-order valence-electron chi connectivity index (χ3n) is 14.0. The first-order valence-corrected chi connectivity index (χ1v) is 21.6. The van der Waals surface area contributed by atoms with Crippen LogP contribution in [0.3, 0.4) is 0 Å². The van der Waals surface area contributed by atoms with Gasteiger partial charge >= 0.3 is 0 Å². The zero-order chi connectivity index (χ0) is 42.8. The number of benzene rings is 2. The van der Waals surface area contributed by atoms with Crippen molar-refractivity contribution in [2.24, 2.45) is 22.2 Å². The van der Waals surface area contributed by atoms with Crippen LogP contribution in [-0.2, 0) is 9.59 Å². The summed E-state index contributed by atoms with van der Waals surface area (Å²) in [6.45, 7) is 15.3. The first-order chi connectivity index (χ1) is 29.1. The largest absolute Gasteiger partial charge is 0.489 e. The lowest BCUT2D eigenvalue weighted by Gasteiger charge is -2.63. The highest BCUT2D eigenvalue weighted by molar-refractivity contribution is 6.31. The van der Waals surface area contributed by atoms with Gasteiger partial charge in [0.1, 0.15) is 35.3 Å². The van der Waals surface area contributed by atoms with Crippen LogP contribution in [0.4, 0.5) is 11.5 Å². The van der Waals surface area contributed by atoms with Crippen LogP contribution in [0, 0.1) is 33.5 Å². The summed E-state index contributed by atoms with van der Waals surface area (Å²) < 4.78 is 7.50. The number of likely N-dealkylation sites (tertiary alicyclic amines) is 1. The molecule has 4 aliphatic heterocycles. The molecule has 61 heavy (non-hydrogen) atoms. The molecule has 5 fully saturated rings. The molecule has 1 spiro atoms. The summed E-state index contributed by atoms with van der Waals surface area (Å²) in [5, 5.41) is 23.8. The highest BCUT2D eigenvalue weighted by Gasteiger charge is 2.64. The van der Waals surface area contributed by atoms with Crippen LogP contribution in [0.25, 0.3) is 10.9 Å².